The van der Waals surface area contributed by atoms with Crippen LogP contribution in [0.3, 0.4) is 0 Å². The van der Waals surface area contributed by atoms with Gasteiger partial charge in [-0.25, -0.2) is 0 Å². The Bertz CT molecular complexity index is 404. The van der Waals surface area contributed by atoms with Crippen LogP contribution >= 0.6 is 0 Å². The summed E-state index contributed by atoms with van der Waals surface area (Å²) >= 11 is 0. The summed E-state index contributed by atoms with van der Waals surface area (Å²) in [5.41, 5.74) is 5.72. The summed E-state index contributed by atoms with van der Waals surface area (Å²) in [5.74, 6) is 0. The summed E-state index contributed by atoms with van der Waals surface area (Å²) in [6, 6.07) is 0. The molecule has 0 bridgehead atoms. The largest absolute Gasteiger partial charge is 0.305 e. The van der Waals surface area contributed by atoms with Gasteiger partial charge in [0, 0.05) is 6.54 Å². The van der Waals surface area contributed by atoms with E-state index >= 15 is 0 Å². The van der Waals surface area contributed by atoms with E-state index in [2.05, 4.69) is 66.6 Å². The van der Waals surface area contributed by atoms with Crippen molar-refractivity contribution in [1.29, 1.82) is 0 Å². The highest BCUT2D eigenvalue weighted by Crippen LogP contribution is 2.51. The van der Waals surface area contributed by atoms with Gasteiger partial charge in [0.15, 0.2) is 0 Å². The van der Waals surface area contributed by atoms with Crippen molar-refractivity contribution in [3.05, 3.63) is 22.8 Å². The number of nitrogens with zero attached hydrogens (tertiary/aromatic N) is 1. The summed E-state index contributed by atoms with van der Waals surface area (Å²) in [4.78, 5) is 2.32. The fourth-order valence-electron chi connectivity index (χ4n) is 3.69. The summed E-state index contributed by atoms with van der Waals surface area (Å²) in [7, 11) is 4.37. The lowest BCUT2D eigenvalue weighted by Gasteiger charge is -2.38. The summed E-state index contributed by atoms with van der Waals surface area (Å²) in [5, 5.41) is 0. The van der Waals surface area contributed by atoms with E-state index < -0.39 is 0 Å². The van der Waals surface area contributed by atoms with Crippen LogP contribution < -0.4 is 0 Å². The number of hydrogen-bond donors (Lipinski definition) is 0. The SMILES string of the molecule is CCC(C)(CC)C1=C(C(C)(CC)CC)C(CN(C)C)=CC1. The third-order valence-corrected chi connectivity index (χ3v) is 6.12. The molecule has 0 fully saturated rings. The Morgan fingerprint density at radius 2 is 1.38 bits per heavy atom. The summed E-state index contributed by atoms with van der Waals surface area (Å²) < 4.78 is 0. The number of rotatable bonds is 8. The molecule has 0 spiro atoms. The van der Waals surface area contributed by atoms with Crippen molar-refractivity contribution < 1.29 is 0 Å². The van der Waals surface area contributed by atoms with Gasteiger partial charge in [-0.15, -0.1) is 0 Å². The Labute approximate surface area is 133 Å². The zero-order chi connectivity index (χ0) is 16.3. The molecule has 0 aromatic carbocycles. The molecule has 0 amide bonds. The van der Waals surface area contributed by atoms with Gasteiger partial charge >= 0.3 is 0 Å². The Balaban J connectivity index is 3.39. The van der Waals surface area contributed by atoms with Crippen LogP contribution in [-0.4, -0.2) is 25.5 Å². The second-order valence-corrected chi connectivity index (χ2v) is 7.56. The van der Waals surface area contributed by atoms with Gasteiger partial charge in [-0.05, 0) is 68.2 Å². The molecule has 1 aliphatic rings. The molecule has 0 saturated heterocycles. The maximum absolute atomic E-state index is 2.51. The Morgan fingerprint density at radius 1 is 0.905 bits per heavy atom. The zero-order valence-electron chi connectivity index (χ0n) is 15.8. The average molecular weight is 292 g/mol. The maximum atomic E-state index is 2.51. The van der Waals surface area contributed by atoms with Gasteiger partial charge in [0.05, 0.1) is 0 Å². The predicted octanol–water partition coefficient (Wildman–Crippen LogP) is 5.83. The summed E-state index contributed by atoms with van der Waals surface area (Å²) in [6.07, 6.45) is 8.64. The zero-order valence-corrected chi connectivity index (χ0v) is 15.8. The molecule has 0 heterocycles. The minimum absolute atomic E-state index is 0.333. The Hall–Kier alpha value is -0.560. The van der Waals surface area contributed by atoms with Gasteiger partial charge in [0.1, 0.15) is 0 Å². The highest BCUT2D eigenvalue weighted by atomic mass is 15.0. The van der Waals surface area contributed by atoms with E-state index in [9.17, 15) is 0 Å². The monoisotopic (exact) mass is 291 g/mol. The van der Waals surface area contributed by atoms with Crippen LogP contribution in [0.1, 0.15) is 73.6 Å². The van der Waals surface area contributed by atoms with Crippen LogP contribution in [0.2, 0.25) is 0 Å². The Morgan fingerprint density at radius 3 is 1.76 bits per heavy atom. The van der Waals surface area contributed by atoms with Crippen LogP contribution in [0, 0.1) is 10.8 Å². The lowest BCUT2D eigenvalue weighted by Crippen LogP contribution is -2.27. The molecule has 122 valence electrons. The molecule has 0 N–H and O–H groups in total. The smallest absolute Gasteiger partial charge is 0.0227 e. The lowest BCUT2D eigenvalue weighted by atomic mass is 9.67. The van der Waals surface area contributed by atoms with E-state index in [0.29, 0.717) is 10.8 Å². The van der Waals surface area contributed by atoms with Gasteiger partial charge in [0.25, 0.3) is 0 Å². The van der Waals surface area contributed by atoms with Crippen molar-refractivity contribution in [2.75, 3.05) is 20.6 Å². The molecule has 0 radical (unpaired) electrons. The van der Waals surface area contributed by atoms with Crippen LogP contribution in [0.4, 0.5) is 0 Å². The number of hydrogen-bond acceptors (Lipinski definition) is 1. The molecule has 1 heteroatoms. The number of likely N-dealkylation sites (N-methyl/N-ethyl adjacent to an activating group) is 1. The first-order valence-electron chi connectivity index (χ1n) is 8.86. The fraction of sp³-hybridized carbons (Fsp3) is 0.800. The second-order valence-electron chi connectivity index (χ2n) is 7.56. The van der Waals surface area contributed by atoms with E-state index in [0.717, 1.165) is 6.54 Å². The molecule has 0 saturated carbocycles. The van der Waals surface area contributed by atoms with Crippen LogP contribution in [0.15, 0.2) is 22.8 Å². The first-order chi connectivity index (χ1) is 9.77. The highest BCUT2D eigenvalue weighted by Gasteiger charge is 2.38. The highest BCUT2D eigenvalue weighted by molar-refractivity contribution is 5.49. The topological polar surface area (TPSA) is 3.24 Å². The van der Waals surface area contributed by atoms with E-state index in [1.807, 2.05) is 0 Å². The molecule has 1 nitrogen and oxygen atoms in total. The van der Waals surface area contributed by atoms with Crippen LogP contribution in [0.25, 0.3) is 0 Å². The lowest BCUT2D eigenvalue weighted by molar-refractivity contribution is 0.322. The van der Waals surface area contributed by atoms with Crippen molar-refractivity contribution in [3.8, 4) is 0 Å². The molecule has 0 unspecified atom stereocenters. The van der Waals surface area contributed by atoms with E-state index in [4.69, 9.17) is 0 Å². The van der Waals surface area contributed by atoms with Crippen molar-refractivity contribution >= 4 is 0 Å². The van der Waals surface area contributed by atoms with Crippen molar-refractivity contribution in [1.82, 2.24) is 4.90 Å². The molecule has 0 aromatic heterocycles. The van der Waals surface area contributed by atoms with Gasteiger partial charge in [-0.1, -0.05) is 53.2 Å². The molecule has 1 aliphatic carbocycles. The van der Waals surface area contributed by atoms with E-state index in [-0.39, 0.29) is 0 Å². The molecular weight excluding hydrogens is 254 g/mol. The molecule has 1 rings (SSSR count). The quantitative estimate of drug-likeness (QED) is 0.544. The van der Waals surface area contributed by atoms with Gasteiger partial charge in [-0.2, -0.15) is 0 Å². The predicted molar refractivity (Wildman–Crippen MR) is 95.7 cm³/mol. The summed E-state index contributed by atoms with van der Waals surface area (Å²) in [6.45, 7) is 15.5. The van der Waals surface area contributed by atoms with Crippen LogP contribution in [-0.2, 0) is 0 Å². The third kappa shape index (κ3) is 3.62. The molecular formula is C20H37N. The molecule has 0 aliphatic heterocycles. The fourth-order valence-corrected chi connectivity index (χ4v) is 3.69. The first-order valence-corrected chi connectivity index (χ1v) is 8.86. The number of allylic oxidation sites excluding steroid dienone is 2. The minimum atomic E-state index is 0.333. The minimum Gasteiger partial charge on any atom is -0.305 e. The van der Waals surface area contributed by atoms with E-state index in [1.165, 1.54) is 32.1 Å². The first kappa shape index (κ1) is 18.5. The van der Waals surface area contributed by atoms with Gasteiger partial charge in [0.2, 0.25) is 0 Å². The third-order valence-electron chi connectivity index (χ3n) is 6.12. The van der Waals surface area contributed by atoms with Crippen molar-refractivity contribution in [3.63, 3.8) is 0 Å². The second kappa shape index (κ2) is 7.13. The standard InChI is InChI=1S/C20H37N/c1-9-19(5,10-2)17-14-13-16(15-21(7)8)18(17)20(6,11-3)12-4/h13H,9-12,14-15H2,1-8H3. The molecule has 0 atom stereocenters. The van der Waals surface area contributed by atoms with Gasteiger partial charge in [-0.3, -0.25) is 0 Å². The van der Waals surface area contributed by atoms with Gasteiger partial charge < -0.3 is 4.90 Å². The maximum Gasteiger partial charge on any atom is 0.0227 e. The average Bonchev–Trinajstić information content (AvgIpc) is 2.89. The Kier molecular flexibility index (Phi) is 6.28. The van der Waals surface area contributed by atoms with E-state index in [1.54, 1.807) is 16.7 Å². The normalized spacial score (nSPS) is 16.9. The van der Waals surface area contributed by atoms with Crippen molar-refractivity contribution in [2.24, 2.45) is 10.8 Å². The molecule has 0 aromatic rings. The van der Waals surface area contributed by atoms with Crippen molar-refractivity contribution in [2.45, 2.75) is 73.6 Å². The van der Waals surface area contributed by atoms with Crippen LogP contribution in [0.5, 0.6) is 0 Å². The molecule has 21 heavy (non-hydrogen) atoms.